The van der Waals surface area contributed by atoms with Gasteiger partial charge in [0.15, 0.2) is 5.76 Å². The molecule has 2 rings (SSSR count). The van der Waals surface area contributed by atoms with E-state index < -0.39 is 17.4 Å². The van der Waals surface area contributed by atoms with Crippen LogP contribution < -0.4 is 5.32 Å². The average molecular weight is 235 g/mol. The van der Waals surface area contributed by atoms with Crippen LogP contribution >= 0.6 is 0 Å². The van der Waals surface area contributed by atoms with E-state index in [-0.39, 0.29) is 25.3 Å². The summed E-state index contributed by atoms with van der Waals surface area (Å²) in [6, 6.07) is 0. The summed E-state index contributed by atoms with van der Waals surface area (Å²) in [5, 5.41) is 2.60. The Hall–Kier alpha value is -1.04. The number of halogens is 3. The van der Waals surface area contributed by atoms with Crippen molar-refractivity contribution in [3.63, 3.8) is 0 Å². The molecular formula is C10H12F3NO2. The maximum absolute atomic E-state index is 13.0. The number of hydrogen-bond donors (Lipinski definition) is 1. The summed E-state index contributed by atoms with van der Waals surface area (Å²) in [6.45, 7) is 0.150. The molecular weight excluding hydrogens is 223 g/mol. The minimum atomic E-state index is -4.53. The Labute approximate surface area is 90.6 Å². The third kappa shape index (κ3) is 1.61. The number of Topliss-reactive ketones (excluding diaryl/α,β-unsaturated/α-hetero) is 1. The van der Waals surface area contributed by atoms with Crippen molar-refractivity contribution in [1.82, 2.24) is 5.32 Å². The fourth-order valence-electron chi connectivity index (χ4n) is 2.07. The van der Waals surface area contributed by atoms with E-state index >= 15 is 0 Å². The number of nitrogens with one attached hydrogen (secondary N) is 1. The molecule has 0 aromatic heterocycles. The lowest BCUT2D eigenvalue weighted by atomic mass is 9.80. The van der Waals surface area contributed by atoms with E-state index in [1.807, 2.05) is 0 Å². The Morgan fingerprint density at radius 2 is 2.25 bits per heavy atom. The molecule has 1 atom stereocenters. The molecule has 16 heavy (non-hydrogen) atoms. The van der Waals surface area contributed by atoms with E-state index in [0.717, 1.165) is 0 Å². The highest BCUT2D eigenvalue weighted by atomic mass is 19.4. The lowest BCUT2D eigenvalue weighted by Gasteiger charge is -2.29. The first kappa shape index (κ1) is 11.4. The van der Waals surface area contributed by atoms with Crippen LogP contribution in [0.1, 0.15) is 12.8 Å². The fourth-order valence-corrected chi connectivity index (χ4v) is 2.07. The van der Waals surface area contributed by atoms with Crippen LogP contribution in [0.2, 0.25) is 0 Å². The summed E-state index contributed by atoms with van der Waals surface area (Å²) in [6.07, 6.45) is -2.80. The van der Waals surface area contributed by atoms with E-state index in [2.05, 4.69) is 5.32 Å². The molecule has 1 fully saturated rings. The monoisotopic (exact) mass is 235 g/mol. The molecule has 0 bridgehead atoms. The van der Waals surface area contributed by atoms with Gasteiger partial charge in [-0.2, -0.15) is 13.2 Å². The SMILES string of the molecule is O=C(C1=CCCO1)C1(C(F)(F)F)CCNC1. The predicted molar refractivity (Wildman–Crippen MR) is 49.6 cm³/mol. The van der Waals surface area contributed by atoms with Crippen LogP contribution in [0.3, 0.4) is 0 Å². The van der Waals surface area contributed by atoms with Gasteiger partial charge in [0.25, 0.3) is 0 Å². The molecule has 0 aliphatic carbocycles. The van der Waals surface area contributed by atoms with Gasteiger partial charge in [0, 0.05) is 13.0 Å². The second kappa shape index (κ2) is 3.76. The van der Waals surface area contributed by atoms with E-state index in [9.17, 15) is 18.0 Å². The van der Waals surface area contributed by atoms with Gasteiger partial charge in [-0.25, -0.2) is 0 Å². The third-order valence-electron chi connectivity index (χ3n) is 3.06. The summed E-state index contributed by atoms with van der Waals surface area (Å²) in [5.41, 5.74) is -2.29. The number of rotatable bonds is 2. The number of carbonyl (C=O) groups is 1. The second-order valence-electron chi connectivity index (χ2n) is 4.04. The normalized spacial score (nSPS) is 30.1. The molecule has 1 N–H and O–H groups in total. The summed E-state index contributed by atoms with van der Waals surface area (Å²) in [7, 11) is 0. The molecule has 2 heterocycles. The summed E-state index contributed by atoms with van der Waals surface area (Å²) < 4.78 is 43.9. The largest absolute Gasteiger partial charge is 0.490 e. The molecule has 0 spiro atoms. The predicted octanol–water partition coefficient (Wildman–Crippen LogP) is 1.40. The molecule has 1 saturated heterocycles. The standard InChI is InChI=1S/C10H12F3NO2/c11-10(12,13)9(3-4-14-6-9)8(15)7-2-1-5-16-7/h2,14H,1,3-6H2. The van der Waals surface area contributed by atoms with Crippen molar-refractivity contribution in [3.8, 4) is 0 Å². The number of ketones is 1. The van der Waals surface area contributed by atoms with Gasteiger partial charge in [-0.1, -0.05) is 0 Å². The first-order chi connectivity index (χ1) is 7.47. The Bertz CT molecular complexity index is 329. The van der Waals surface area contributed by atoms with Crippen LogP contribution in [0.4, 0.5) is 13.2 Å². The Morgan fingerprint density at radius 1 is 1.50 bits per heavy atom. The lowest BCUT2D eigenvalue weighted by Crippen LogP contribution is -2.47. The summed E-state index contributed by atoms with van der Waals surface area (Å²) >= 11 is 0. The van der Waals surface area contributed by atoms with Gasteiger partial charge in [0.05, 0.1) is 6.61 Å². The molecule has 0 amide bonds. The number of hydrogen-bond acceptors (Lipinski definition) is 3. The maximum Gasteiger partial charge on any atom is 0.403 e. The van der Waals surface area contributed by atoms with Gasteiger partial charge >= 0.3 is 6.18 Å². The van der Waals surface area contributed by atoms with Crippen molar-refractivity contribution in [2.45, 2.75) is 19.0 Å². The molecule has 1 unspecified atom stereocenters. The minimum Gasteiger partial charge on any atom is -0.490 e. The van der Waals surface area contributed by atoms with Gasteiger partial charge in [-0.05, 0) is 19.0 Å². The maximum atomic E-state index is 13.0. The van der Waals surface area contributed by atoms with Crippen molar-refractivity contribution < 1.29 is 22.7 Å². The van der Waals surface area contributed by atoms with Crippen LogP contribution in [0, 0.1) is 5.41 Å². The molecule has 2 aliphatic heterocycles. The zero-order valence-electron chi connectivity index (χ0n) is 8.56. The van der Waals surface area contributed by atoms with Crippen LogP contribution in [0.25, 0.3) is 0 Å². The van der Waals surface area contributed by atoms with E-state index in [1.54, 1.807) is 0 Å². The highest BCUT2D eigenvalue weighted by Gasteiger charge is 2.62. The highest BCUT2D eigenvalue weighted by Crippen LogP contribution is 2.45. The number of carbonyl (C=O) groups excluding carboxylic acids is 1. The summed E-state index contributed by atoms with van der Waals surface area (Å²) in [4.78, 5) is 11.9. The Balaban J connectivity index is 2.29. The zero-order chi connectivity index (χ0) is 11.8. The van der Waals surface area contributed by atoms with E-state index in [1.165, 1.54) is 6.08 Å². The van der Waals surface area contributed by atoms with Crippen molar-refractivity contribution in [2.24, 2.45) is 5.41 Å². The molecule has 0 radical (unpaired) electrons. The number of alkyl halides is 3. The molecule has 90 valence electrons. The van der Waals surface area contributed by atoms with Crippen LogP contribution in [0.15, 0.2) is 11.8 Å². The van der Waals surface area contributed by atoms with Crippen molar-refractivity contribution >= 4 is 5.78 Å². The smallest absolute Gasteiger partial charge is 0.403 e. The zero-order valence-corrected chi connectivity index (χ0v) is 8.56. The van der Waals surface area contributed by atoms with Gasteiger partial charge in [-0.3, -0.25) is 4.79 Å². The Morgan fingerprint density at radius 3 is 2.69 bits per heavy atom. The molecule has 2 aliphatic rings. The molecule has 3 nitrogen and oxygen atoms in total. The van der Waals surface area contributed by atoms with Crippen molar-refractivity contribution in [3.05, 3.63) is 11.8 Å². The fraction of sp³-hybridized carbons (Fsp3) is 0.700. The lowest BCUT2D eigenvalue weighted by molar-refractivity contribution is -0.214. The average Bonchev–Trinajstić information content (AvgIpc) is 2.88. The van der Waals surface area contributed by atoms with Crippen molar-refractivity contribution in [1.29, 1.82) is 0 Å². The van der Waals surface area contributed by atoms with Crippen molar-refractivity contribution in [2.75, 3.05) is 19.7 Å². The van der Waals surface area contributed by atoms with E-state index in [4.69, 9.17) is 4.74 Å². The highest BCUT2D eigenvalue weighted by molar-refractivity contribution is 5.99. The van der Waals surface area contributed by atoms with Crippen LogP contribution in [0.5, 0.6) is 0 Å². The molecule has 0 aromatic carbocycles. The second-order valence-corrected chi connectivity index (χ2v) is 4.04. The van der Waals surface area contributed by atoms with Crippen LogP contribution in [-0.2, 0) is 9.53 Å². The van der Waals surface area contributed by atoms with Crippen LogP contribution in [-0.4, -0.2) is 31.7 Å². The number of ether oxygens (including phenoxy) is 1. The van der Waals surface area contributed by atoms with Gasteiger partial charge in [-0.15, -0.1) is 0 Å². The Kier molecular flexibility index (Phi) is 2.69. The topological polar surface area (TPSA) is 38.3 Å². The first-order valence-electron chi connectivity index (χ1n) is 5.13. The third-order valence-corrected chi connectivity index (χ3v) is 3.06. The first-order valence-corrected chi connectivity index (χ1v) is 5.13. The quantitative estimate of drug-likeness (QED) is 0.786. The molecule has 0 aromatic rings. The van der Waals surface area contributed by atoms with Gasteiger partial charge in [0.2, 0.25) is 5.78 Å². The number of allylic oxidation sites excluding steroid dienone is 1. The minimum absolute atomic E-state index is 0.124. The van der Waals surface area contributed by atoms with Gasteiger partial charge < -0.3 is 10.1 Å². The van der Waals surface area contributed by atoms with Gasteiger partial charge in [0.1, 0.15) is 5.41 Å². The molecule has 0 saturated carbocycles. The van der Waals surface area contributed by atoms with E-state index in [0.29, 0.717) is 13.0 Å². The molecule has 6 heteroatoms. The summed E-state index contributed by atoms with van der Waals surface area (Å²) in [5.74, 6) is -1.05.